The number of benzene rings is 1. The van der Waals surface area contributed by atoms with Gasteiger partial charge in [0.25, 0.3) is 0 Å². The van der Waals surface area contributed by atoms with Crippen molar-refractivity contribution in [2.45, 2.75) is 19.5 Å². The summed E-state index contributed by atoms with van der Waals surface area (Å²) in [5.41, 5.74) is 1.05. The van der Waals surface area contributed by atoms with Crippen molar-refractivity contribution in [2.24, 2.45) is 4.99 Å². The van der Waals surface area contributed by atoms with Gasteiger partial charge in [-0.25, -0.2) is 0 Å². The zero-order valence-electron chi connectivity index (χ0n) is 10.4. The molecule has 0 amide bonds. The standard InChI is InChI=1S/C14H16N4/c1-10-8-16-14(18-10)17-9-13-12-5-3-2-4-11(12)6-7-15-13/h2-7,10H,8-9H2,1H3,(H2,16,17,18). The van der Waals surface area contributed by atoms with Gasteiger partial charge >= 0.3 is 0 Å². The van der Waals surface area contributed by atoms with Gasteiger partial charge in [-0.3, -0.25) is 9.98 Å². The van der Waals surface area contributed by atoms with E-state index in [4.69, 9.17) is 0 Å². The highest BCUT2D eigenvalue weighted by Crippen LogP contribution is 2.15. The molecule has 1 unspecified atom stereocenters. The fourth-order valence-electron chi connectivity index (χ4n) is 2.15. The number of fused-ring (bicyclic) bond motifs is 1. The van der Waals surface area contributed by atoms with Crippen LogP contribution in [0.15, 0.2) is 41.5 Å². The van der Waals surface area contributed by atoms with Crippen molar-refractivity contribution in [3.05, 3.63) is 42.2 Å². The zero-order valence-corrected chi connectivity index (χ0v) is 10.4. The van der Waals surface area contributed by atoms with E-state index >= 15 is 0 Å². The number of nitrogens with one attached hydrogen (secondary N) is 2. The normalized spacial score (nSPS) is 18.5. The highest BCUT2D eigenvalue weighted by atomic mass is 15.2. The lowest BCUT2D eigenvalue weighted by atomic mass is 10.1. The Bertz CT molecular complexity index is 586. The van der Waals surface area contributed by atoms with Crippen LogP contribution >= 0.6 is 0 Å². The number of aromatic nitrogens is 1. The van der Waals surface area contributed by atoms with Crippen LogP contribution in [0.3, 0.4) is 0 Å². The third-order valence-electron chi connectivity index (χ3n) is 3.09. The molecule has 0 fully saturated rings. The molecule has 2 aromatic rings. The first-order chi connectivity index (χ1) is 8.83. The Morgan fingerprint density at radius 2 is 2.22 bits per heavy atom. The van der Waals surface area contributed by atoms with Crippen molar-refractivity contribution in [3.63, 3.8) is 0 Å². The van der Waals surface area contributed by atoms with Crippen molar-refractivity contribution >= 4 is 16.7 Å². The van der Waals surface area contributed by atoms with E-state index in [1.165, 1.54) is 10.8 Å². The van der Waals surface area contributed by atoms with Gasteiger partial charge in [0.2, 0.25) is 0 Å². The molecule has 92 valence electrons. The molecule has 0 saturated heterocycles. The van der Waals surface area contributed by atoms with Gasteiger partial charge in [0.05, 0.1) is 18.8 Å². The van der Waals surface area contributed by atoms with Crippen LogP contribution in [0.4, 0.5) is 0 Å². The van der Waals surface area contributed by atoms with Gasteiger partial charge in [-0.1, -0.05) is 24.3 Å². The molecule has 0 bridgehead atoms. The van der Waals surface area contributed by atoms with Crippen LogP contribution in [-0.2, 0) is 6.54 Å². The molecule has 1 atom stereocenters. The molecule has 1 aromatic heterocycles. The average molecular weight is 240 g/mol. The van der Waals surface area contributed by atoms with Crippen LogP contribution in [-0.4, -0.2) is 23.5 Å². The Labute approximate surface area is 106 Å². The highest BCUT2D eigenvalue weighted by molar-refractivity contribution is 5.85. The second kappa shape index (κ2) is 4.64. The van der Waals surface area contributed by atoms with E-state index in [0.29, 0.717) is 12.6 Å². The van der Waals surface area contributed by atoms with Crippen molar-refractivity contribution in [1.29, 1.82) is 0 Å². The fourth-order valence-corrected chi connectivity index (χ4v) is 2.15. The number of rotatable bonds is 2. The van der Waals surface area contributed by atoms with E-state index in [1.54, 1.807) is 0 Å². The SMILES string of the molecule is CC1CN=C(NCc2nccc3ccccc23)N1. The molecule has 3 rings (SSSR count). The number of pyridine rings is 1. The molecular weight excluding hydrogens is 224 g/mol. The second-order valence-electron chi connectivity index (χ2n) is 4.57. The number of nitrogens with zero attached hydrogens (tertiary/aromatic N) is 2. The van der Waals surface area contributed by atoms with E-state index < -0.39 is 0 Å². The minimum atomic E-state index is 0.424. The zero-order chi connectivity index (χ0) is 12.4. The van der Waals surface area contributed by atoms with Gasteiger partial charge in [-0.2, -0.15) is 0 Å². The quantitative estimate of drug-likeness (QED) is 0.839. The minimum absolute atomic E-state index is 0.424. The predicted molar refractivity (Wildman–Crippen MR) is 73.5 cm³/mol. The fraction of sp³-hybridized carbons (Fsp3) is 0.286. The third-order valence-corrected chi connectivity index (χ3v) is 3.09. The molecule has 0 aliphatic carbocycles. The second-order valence-corrected chi connectivity index (χ2v) is 4.57. The van der Waals surface area contributed by atoms with Crippen LogP contribution in [0, 0.1) is 0 Å². The lowest BCUT2D eigenvalue weighted by Crippen LogP contribution is -2.37. The van der Waals surface area contributed by atoms with Crippen molar-refractivity contribution in [3.8, 4) is 0 Å². The molecule has 0 spiro atoms. The molecule has 1 aliphatic rings. The first kappa shape index (κ1) is 11.0. The van der Waals surface area contributed by atoms with E-state index in [0.717, 1.165) is 18.2 Å². The first-order valence-corrected chi connectivity index (χ1v) is 6.20. The molecule has 2 heterocycles. The number of hydrogen-bond donors (Lipinski definition) is 2. The number of guanidine groups is 1. The van der Waals surface area contributed by atoms with Crippen LogP contribution in [0.5, 0.6) is 0 Å². The van der Waals surface area contributed by atoms with Crippen LogP contribution < -0.4 is 10.6 Å². The molecule has 0 radical (unpaired) electrons. The third kappa shape index (κ3) is 2.14. The number of hydrogen-bond acceptors (Lipinski definition) is 4. The summed E-state index contributed by atoms with van der Waals surface area (Å²) in [6.45, 7) is 3.65. The Balaban J connectivity index is 1.79. The summed E-state index contributed by atoms with van der Waals surface area (Å²) in [5.74, 6) is 0.872. The van der Waals surface area contributed by atoms with Gasteiger partial charge in [-0.05, 0) is 18.4 Å². The van der Waals surface area contributed by atoms with Gasteiger partial charge in [0.15, 0.2) is 5.96 Å². The van der Waals surface area contributed by atoms with Crippen LogP contribution in [0.2, 0.25) is 0 Å². The summed E-state index contributed by atoms with van der Waals surface area (Å²) in [7, 11) is 0. The molecule has 0 saturated carbocycles. The summed E-state index contributed by atoms with van der Waals surface area (Å²) in [5, 5.41) is 8.99. The average Bonchev–Trinajstić information content (AvgIpc) is 2.82. The molecular formula is C14H16N4. The largest absolute Gasteiger partial charge is 0.352 e. The maximum atomic E-state index is 4.44. The van der Waals surface area contributed by atoms with Crippen molar-refractivity contribution in [2.75, 3.05) is 6.54 Å². The Hall–Kier alpha value is -2.10. The first-order valence-electron chi connectivity index (χ1n) is 6.20. The summed E-state index contributed by atoms with van der Waals surface area (Å²) < 4.78 is 0. The van der Waals surface area contributed by atoms with Gasteiger partial charge in [0.1, 0.15) is 0 Å². The maximum absolute atomic E-state index is 4.44. The van der Waals surface area contributed by atoms with Crippen LogP contribution in [0.25, 0.3) is 10.8 Å². The topological polar surface area (TPSA) is 49.3 Å². The van der Waals surface area contributed by atoms with E-state index in [9.17, 15) is 0 Å². The lowest BCUT2D eigenvalue weighted by molar-refractivity contribution is 0.712. The van der Waals surface area contributed by atoms with E-state index in [-0.39, 0.29) is 0 Å². The molecule has 4 nitrogen and oxygen atoms in total. The molecule has 1 aliphatic heterocycles. The van der Waals surface area contributed by atoms with E-state index in [1.807, 2.05) is 24.4 Å². The van der Waals surface area contributed by atoms with Gasteiger partial charge in [-0.15, -0.1) is 0 Å². The molecule has 2 N–H and O–H groups in total. The van der Waals surface area contributed by atoms with E-state index in [2.05, 4.69) is 39.7 Å². The molecule has 1 aromatic carbocycles. The Morgan fingerprint density at radius 3 is 3.06 bits per heavy atom. The van der Waals surface area contributed by atoms with Crippen molar-refractivity contribution < 1.29 is 0 Å². The molecule has 4 heteroatoms. The monoisotopic (exact) mass is 240 g/mol. The Morgan fingerprint density at radius 1 is 1.33 bits per heavy atom. The maximum Gasteiger partial charge on any atom is 0.191 e. The minimum Gasteiger partial charge on any atom is -0.352 e. The van der Waals surface area contributed by atoms with Crippen molar-refractivity contribution in [1.82, 2.24) is 15.6 Å². The van der Waals surface area contributed by atoms with Gasteiger partial charge < -0.3 is 10.6 Å². The summed E-state index contributed by atoms with van der Waals surface area (Å²) in [4.78, 5) is 8.82. The van der Waals surface area contributed by atoms with Gasteiger partial charge in [0, 0.05) is 17.6 Å². The molecule has 18 heavy (non-hydrogen) atoms. The number of aliphatic imine (C=N–C) groups is 1. The lowest BCUT2D eigenvalue weighted by Gasteiger charge is -2.10. The highest BCUT2D eigenvalue weighted by Gasteiger charge is 2.12. The summed E-state index contributed by atoms with van der Waals surface area (Å²) >= 11 is 0. The predicted octanol–water partition coefficient (Wildman–Crippen LogP) is 1.67. The smallest absolute Gasteiger partial charge is 0.191 e. The summed E-state index contributed by atoms with van der Waals surface area (Å²) in [6.07, 6.45) is 1.85. The summed E-state index contributed by atoms with van der Waals surface area (Å²) in [6, 6.07) is 10.8. The van der Waals surface area contributed by atoms with Crippen LogP contribution in [0.1, 0.15) is 12.6 Å². The Kier molecular flexibility index (Phi) is 2.84.